The van der Waals surface area contributed by atoms with E-state index in [0.717, 1.165) is 5.92 Å². The van der Waals surface area contributed by atoms with Crippen molar-refractivity contribution >= 4 is 11.8 Å². The molecule has 0 heterocycles. The minimum absolute atomic E-state index is 0.338. The third-order valence-corrected chi connectivity index (χ3v) is 2.65. The number of rotatable bonds is 5. The normalized spacial score (nSPS) is 16.9. The number of nitrogens with two attached hydrogens (primary N) is 1. The van der Waals surface area contributed by atoms with Crippen molar-refractivity contribution in [2.24, 2.45) is 17.6 Å². The number of hydrogen-bond donors (Lipinski definition) is 3. The van der Waals surface area contributed by atoms with Gasteiger partial charge in [-0.15, -0.1) is 0 Å². The largest absolute Gasteiger partial charge is 0.348 e. The fourth-order valence-electron chi connectivity index (χ4n) is 1.43. The Morgan fingerprint density at radius 3 is 2.47 bits per heavy atom. The Morgan fingerprint density at radius 2 is 1.93 bits per heavy atom. The number of amides is 2. The molecule has 0 bridgehead atoms. The molecule has 0 saturated heterocycles. The zero-order valence-corrected chi connectivity index (χ0v) is 9.08. The summed E-state index contributed by atoms with van der Waals surface area (Å²) >= 11 is 0. The van der Waals surface area contributed by atoms with Crippen LogP contribution in [0.5, 0.6) is 0 Å². The van der Waals surface area contributed by atoms with Crippen molar-refractivity contribution < 1.29 is 9.59 Å². The van der Waals surface area contributed by atoms with Gasteiger partial charge in [-0.3, -0.25) is 9.59 Å². The molecule has 1 atom stereocenters. The second-order valence-electron chi connectivity index (χ2n) is 4.07. The highest BCUT2D eigenvalue weighted by Crippen LogP contribution is 2.35. The van der Waals surface area contributed by atoms with Gasteiger partial charge in [0.15, 0.2) is 0 Å². The molecule has 0 aliphatic heterocycles. The van der Waals surface area contributed by atoms with Crippen molar-refractivity contribution in [3.8, 4) is 0 Å². The average molecular weight is 213 g/mol. The lowest BCUT2D eigenvalue weighted by Crippen LogP contribution is -2.43. The molecule has 1 aliphatic rings. The lowest BCUT2D eigenvalue weighted by molar-refractivity contribution is -0.139. The first-order valence-corrected chi connectivity index (χ1v) is 5.41. The Hall–Kier alpha value is -1.10. The van der Waals surface area contributed by atoms with Gasteiger partial charge in [0.05, 0.1) is 0 Å². The maximum absolute atomic E-state index is 11.2. The molecule has 1 unspecified atom stereocenters. The van der Waals surface area contributed by atoms with Gasteiger partial charge in [0.2, 0.25) is 0 Å². The fourth-order valence-corrected chi connectivity index (χ4v) is 1.43. The molecular weight excluding hydrogens is 194 g/mol. The van der Waals surface area contributed by atoms with Gasteiger partial charge in [-0.25, -0.2) is 0 Å². The molecule has 1 aliphatic carbocycles. The van der Waals surface area contributed by atoms with Crippen molar-refractivity contribution in [1.29, 1.82) is 0 Å². The van der Waals surface area contributed by atoms with E-state index < -0.39 is 11.8 Å². The lowest BCUT2D eigenvalue weighted by Gasteiger charge is -2.10. The molecule has 0 spiro atoms. The van der Waals surface area contributed by atoms with Crippen molar-refractivity contribution in [3.05, 3.63) is 0 Å². The average Bonchev–Trinajstić information content (AvgIpc) is 3.05. The van der Waals surface area contributed by atoms with Crippen LogP contribution in [0.25, 0.3) is 0 Å². The minimum Gasteiger partial charge on any atom is -0.348 e. The van der Waals surface area contributed by atoms with Crippen LogP contribution in [-0.2, 0) is 9.59 Å². The summed E-state index contributed by atoms with van der Waals surface area (Å²) in [6.45, 7) is 3.36. The maximum Gasteiger partial charge on any atom is 0.309 e. The highest BCUT2D eigenvalue weighted by molar-refractivity contribution is 6.35. The molecule has 1 saturated carbocycles. The first-order valence-electron chi connectivity index (χ1n) is 5.41. The number of carbonyl (C=O) groups excluding carboxylic acids is 2. The topological polar surface area (TPSA) is 84.2 Å². The Balaban J connectivity index is 2.13. The molecule has 15 heavy (non-hydrogen) atoms. The monoisotopic (exact) mass is 213 g/mol. The van der Waals surface area contributed by atoms with Gasteiger partial charge in [-0.05, 0) is 24.7 Å². The highest BCUT2D eigenvalue weighted by atomic mass is 16.2. The SMILES string of the molecule is CC(CNC(=O)C(=O)NCCN)C1CC1. The summed E-state index contributed by atoms with van der Waals surface area (Å²) in [5.74, 6) is 0.0491. The van der Waals surface area contributed by atoms with Crippen molar-refractivity contribution in [1.82, 2.24) is 10.6 Å². The molecule has 0 radical (unpaired) electrons. The summed E-state index contributed by atoms with van der Waals surface area (Å²) in [4.78, 5) is 22.4. The molecule has 0 aromatic carbocycles. The van der Waals surface area contributed by atoms with Crippen LogP contribution in [0.2, 0.25) is 0 Å². The number of hydrogen-bond acceptors (Lipinski definition) is 3. The standard InChI is InChI=1S/C10H19N3O2/c1-7(8-2-3-8)6-13-10(15)9(14)12-5-4-11/h7-8H,2-6,11H2,1H3,(H,12,14)(H,13,15). The Kier molecular flexibility index (Phi) is 4.55. The van der Waals surface area contributed by atoms with E-state index in [2.05, 4.69) is 17.6 Å². The van der Waals surface area contributed by atoms with Crippen LogP contribution in [0, 0.1) is 11.8 Å². The first kappa shape index (κ1) is 12.0. The van der Waals surface area contributed by atoms with Gasteiger partial charge >= 0.3 is 11.8 Å². The van der Waals surface area contributed by atoms with E-state index in [1.165, 1.54) is 12.8 Å². The molecule has 1 fully saturated rings. The highest BCUT2D eigenvalue weighted by Gasteiger charge is 2.28. The fraction of sp³-hybridized carbons (Fsp3) is 0.800. The third kappa shape index (κ3) is 4.29. The zero-order chi connectivity index (χ0) is 11.3. The van der Waals surface area contributed by atoms with Gasteiger partial charge in [0.1, 0.15) is 0 Å². The van der Waals surface area contributed by atoms with Gasteiger partial charge in [-0.1, -0.05) is 6.92 Å². The minimum atomic E-state index is -0.594. The van der Waals surface area contributed by atoms with Gasteiger partial charge < -0.3 is 16.4 Å². The zero-order valence-electron chi connectivity index (χ0n) is 9.08. The van der Waals surface area contributed by atoms with Crippen LogP contribution in [-0.4, -0.2) is 31.4 Å². The molecule has 4 N–H and O–H groups in total. The quantitative estimate of drug-likeness (QED) is 0.524. The predicted molar refractivity (Wildman–Crippen MR) is 57.0 cm³/mol. The summed E-state index contributed by atoms with van der Waals surface area (Å²) in [6.07, 6.45) is 2.49. The molecule has 0 aromatic heterocycles. The van der Waals surface area contributed by atoms with Crippen molar-refractivity contribution in [3.63, 3.8) is 0 Å². The van der Waals surface area contributed by atoms with Crippen LogP contribution >= 0.6 is 0 Å². The van der Waals surface area contributed by atoms with E-state index in [1.54, 1.807) is 0 Å². The van der Waals surface area contributed by atoms with E-state index in [1.807, 2.05) is 0 Å². The molecule has 5 heteroatoms. The summed E-state index contributed by atoms with van der Waals surface area (Å²) in [5, 5.41) is 5.05. The maximum atomic E-state index is 11.2. The summed E-state index contributed by atoms with van der Waals surface area (Å²) in [5.41, 5.74) is 5.20. The predicted octanol–water partition coefficient (Wildman–Crippen LogP) is -0.776. The lowest BCUT2D eigenvalue weighted by atomic mass is 10.1. The van der Waals surface area contributed by atoms with Gasteiger partial charge in [-0.2, -0.15) is 0 Å². The van der Waals surface area contributed by atoms with E-state index >= 15 is 0 Å². The Labute approximate surface area is 89.8 Å². The van der Waals surface area contributed by atoms with E-state index in [4.69, 9.17) is 5.73 Å². The Bertz CT molecular complexity index is 239. The van der Waals surface area contributed by atoms with Gasteiger partial charge in [0.25, 0.3) is 0 Å². The van der Waals surface area contributed by atoms with Gasteiger partial charge in [0, 0.05) is 19.6 Å². The van der Waals surface area contributed by atoms with Crippen molar-refractivity contribution in [2.75, 3.05) is 19.6 Å². The Morgan fingerprint density at radius 1 is 1.33 bits per heavy atom. The van der Waals surface area contributed by atoms with Crippen molar-refractivity contribution in [2.45, 2.75) is 19.8 Å². The molecule has 1 rings (SSSR count). The van der Waals surface area contributed by atoms with E-state index in [0.29, 0.717) is 25.6 Å². The smallest absolute Gasteiger partial charge is 0.309 e. The summed E-state index contributed by atoms with van der Waals surface area (Å²) in [7, 11) is 0. The van der Waals surface area contributed by atoms with E-state index in [9.17, 15) is 9.59 Å². The summed E-state index contributed by atoms with van der Waals surface area (Å²) < 4.78 is 0. The number of nitrogens with one attached hydrogen (secondary N) is 2. The molecule has 5 nitrogen and oxygen atoms in total. The molecule has 2 amide bonds. The third-order valence-electron chi connectivity index (χ3n) is 2.65. The van der Waals surface area contributed by atoms with Crippen LogP contribution in [0.15, 0.2) is 0 Å². The van der Waals surface area contributed by atoms with E-state index in [-0.39, 0.29) is 0 Å². The van der Waals surface area contributed by atoms with Crippen LogP contribution in [0.4, 0.5) is 0 Å². The number of carbonyl (C=O) groups is 2. The van der Waals surface area contributed by atoms with Crippen LogP contribution in [0.3, 0.4) is 0 Å². The second kappa shape index (κ2) is 5.70. The molecule has 86 valence electrons. The van der Waals surface area contributed by atoms with Crippen LogP contribution < -0.4 is 16.4 Å². The summed E-state index contributed by atoms with van der Waals surface area (Å²) in [6, 6.07) is 0. The molecular formula is C10H19N3O2. The van der Waals surface area contributed by atoms with Crippen LogP contribution in [0.1, 0.15) is 19.8 Å². The second-order valence-corrected chi connectivity index (χ2v) is 4.07. The first-order chi connectivity index (χ1) is 7.15. The molecule has 0 aromatic rings.